The molecule has 0 spiro atoms. The molecule has 0 unspecified atom stereocenters. The topological polar surface area (TPSA) is 165 Å². The van der Waals surface area contributed by atoms with Gasteiger partial charge in [0, 0.05) is 12.2 Å². The minimum Gasteiger partial charge on any atom is -0.324 e. The molecule has 20 heavy (non-hydrogen) atoms. The lowest BCUT2D eigenvalue weighted by Crippen LogP contribution is -2.28. The Balaban J connectivity index is 0.00000361. The van der Waals surface area contributed by atoms with Crippen LogP contribution in [0, 0.1) is 0 Å². The van der Waals surface area contributed by atoms with Crippen LogP contribution in [0.25, 0.3) is 0 Å². The monoisotopic (exact) mass is 347 g/mol. The summed E-state index contributed by atoms with van der Waals surface area (Å²) in [6, 6.07) is 6.42. The zero-order valence-corrected chi connectivity index (χ0v) is 12.7. The number of anilines is 1. The molecular weight excluding hydrogens is 332 g/mol. The largest absolute Gasteiger partial charge is 0.354 e. The summed E-state index contributed by atoms with van der Waals surface area (Å²) in [5.74, 6) is 5.16. The third kappa shape index (κ3) is 5.88. The van der Waals surface area contributed by atoms with Gasteiger partial charge in [0.15, 0.2) is 0 Å². The van der Waals surface area contributed by atoms with Gasteiger partial charge in [-0.2, -0.15) is 0 Å². The number of nitrogens with two attached hydrogens (primary N) is 1. The van der Waals surface area contributed by atoms with Gasteiger partial charge in [-0.15, -0.1) is 12.4 Å². The van der Waals surface area contributed by atoms with E-state index < -0.39 is 20.7 Å². The van der Waals surface area contributed by atoms with Crippen LogP contribution < -0.4 is 16.6 Å². The fourth-order valence-electron chi connectivity index (χ4n) is 1.36. The van der Waals surface area contributed by atoms with Gasteiger partial charge in [-0.25, -0.2) is 0 Å². The van der Waals surface area contributed by atoms with Gasteiger partial charge < -0.3 is 25.0 Å². The average Bonchev–Trinajstić information content (AvgIpc) is 2.26. The van der Waals surface area contributed by atoms with E-state index in [0.717, 1.165) is 0 Å². The first kappa shape index (κ1) is 19.5. The summed E-state index contributed by atoms with van der Waals surface area (Å²) in [4.78, 5) is 35.6. The molecule has 0 aliphatic heterocycles. The molecule has 0 aliphatic carbocycles. The van der Waals surface area contributed by atoms with Crippen molar-refractivity contribution in [2.75, 3.05) is 5.43 Å². The minimum absolute atomic E-state index is 0. The number of nitrogens with one attached hydrogen (secondary N) is 2. The van der Waals surface area contributed by atoms with Gasteiger partial charge in [-0.1, -0.05) is 12.1 Å². The summed E-state index contributed by atoms with van der Waals surface area (Å²) in [6.07, 6.45) is 0. The molecular formula is C8H16ClN3O6P2. The van der Waals surface area contributed by atoms with Crippen LogP contribution >= 0.6 is 27.6 Å². The number of rotatable bonds is 6. The number of halogens is 1. The summed E-state index contributed by atoms with van der Waals surface area (Å²) < 4.78 is 22.0. The van der Waals surface area contributed by atoms with Crippen LogP contribution in [-0.4, -0.2) is 25.1 Å². The molecule has 0 aliphatic rings. The third-order valence-electron chi connectivity index (χ3n) is 2.25. The van der Waals surface area contributed by atoms with Gasteiger partial charge in [0.05, 0.1) is 0 Å². The second-order valence-corrected chi connectivity index (χ2v) is 7.57. The van der Waals surface area contributed by atoms with Gasteiger partial charge in [0.2, 0.25) is 5.52 Å². The zero-order chi connectivity index (χ0) is 14.7. The van der Waals surface area contributed by atoms with Crippen molar-refractivity contribution in [1.82, 2.24) is 5.32 Å². The zero-order valence-electron chi connectivity index (χ0n) is 10.1. The number of hydrazine groups is 1. The van der Waals surface area contributed by atoms with E-state index in [1.165, 1.54) is 0 Å². The molecule has 12 heteroatoms. The van der Waals surface area contributed by atoms with Crippen LogP contribution in [-0.2, 0) is 15.7 Å². The number of nitrogen functional groups attached to an aromatic ring is 1. The summed E-state index contributed by atoms with van der Waals surface area (Å²) in [5, 5.41) is 2.18. The summed E-state index contributed by atoms with van der Waals surface area (Å²) in [6.45, 7) is -0.105. The van der Waals surface area contributed by atoms with Crippen molar-refractivity contribution in [3.63, 3.8) is 0 Å². The van der Waals surface area contributed by atoms with E-state index in [1.54, 1.807) is 24.3 Å². The Morgan fingerprint density at radius 3 is 1.85 bits per heavy atom. The number of benzene rings is 1. The first-order valence-corrected chi connectivity index (χ1v) is 8.40. The van der Waals surface area contributed by atoms with E-state index in [0.29, 0.717) is 11.3 Å². The Morgan fingerprint density at radius 1 is 1.05 bits per heavy atom. The second-order valence-electron chi connectivity index (χ2n) is 3.77. The molecule has 0 saturated heterocycles. The lowest BCUT2D eigenvalue weighted by molar-refractivity contribution is 0.327. The van der Waals surface area contributed by atoms with Crippen molar-refractivity contribution in [3.05, 3.63) is 29.8 Å². The summed E-state index contributed by atoms with van der Waals surface area (Å²) in [5.41, 5.74) is 1.40. The maximum atomic E-state index is 11.0. The fraction of sp³-hybridized carbons (Fsp3) is 0.250. The second kappa shape index (κ2) is 7.51. The molecule has 0 aromatic heterocycles. The molecule has 1 aromatic rings. The van der Waals surface area contributed by atoms with Gasteiger partial charge in [0.25, 0.3) is 0 Å². The highest BCUT2D eigenvalue weighted by Crippen LogP contribution is 2.58. The number of hydrogen-bond acceptors (Lipinski definition) is 5. The van der Waals surface area contributed by atoms with Gasteiger partial charge >= 0.3 is 15.2 Å². The molecule has 0 saturated carbocycles. The van der Waals surface area contributed by atoms with E-state index in [1.807, 2.05) is 0 Å². The highest BCUT2D eigenvalue weighted by molar-refractivity contribution is 7.70. The Labute approximate surface area is 121 Å². The van der Waals surface area contributed by atoms with E-state index in [4.69, 9.17) is 25.4 Å². The van der Waals surface area contributed by atoms with Crippen LogP contribution in [0.5, 0.6) is 0 Å². The lowest BCUT2D eigenvalue weighted by Gasteiger charge is -2.20. The van der Waals surface area contributed by atoms with Crippen molar-refractivity contribution >= 4 is 33.3 Å². The minimum atomic E-state index is -4.96. The van der Waals surface area contributed by atoms with Crippen molar-refractivity contribution in [3.8, 4) is 0 Å². The van der Waals surface area contributed by atoms with Crippen LogP contribution in [0.2, 0.25) is 0 Å². The van der Waals surface area contributed by atoms with Gasteiger partial charge in [-0.05, 0) is 17.7 Å². The predicted octanol–water partition coefficient (Wildman–Crippen LogP) is 0.123. The smallest absolute Gasteiger partial charge is 0.324 e. The Bertz CT molecular complexity index is 493. The molecule has 0 amide bonds. The van der Waals surface area contributed by atoms with Gasteiger partial charge in [0.1, 0.15) is 0 Å². The van der Waals surface area contributed by atoms with E-state index in [2.05, 4.69) is 10.7 Å². The number of hydrogen-bond donors (Lipinski definition) is 7. The summed E-state index contributed by atoms with van der Waals surface area (Å²) >= 11 is 0. The Morgan fingerprint density at radius 2 is 1.50 bits per heavy atom. The van der Waals surface area contributed by atoms with Crippen molar-refractivity contribution in [2.24, 2.45) is 5.84 Å². The molecule has 116 valence electrons. The van der Waals surface area contributed by atoms with Crippen molar-refractivity contribution < 1.29 is 28.7 Å². The SMILES string of the molecule is Cl.NNc1ccc(CNC(P(=O)(O)O)P(=O)(O)O)cc1. The van der Waals surface area contributed by atoms with E-state index in [-0.39, 0.29) is 19.0 Å². The normalized spacial score (nSPS) is 12.1. The van der Waals surface area contributed by atoms with Crippen LogP contribution in [0.3, 0.4) is 0 Å². The maximum Gasteiger partial charge on any atom is 0.354 e. The molecule has 9 nitrogen and oxygen atoms in total. The first-order valence-electron chi connectivity index (χ1n) is 5.04. The van der Waals surface area contributed by atoms with Crippen LogP contribution in [0.15, 0.2) is 24.3 Å². The summed E-state index contributed by atoms with van der Waals surface area (Å²) in [7, 11) is -9.91. The molecule has 0 bridgehead atoms. The Hall–Kier alpha value is -0.470. The quantitative estimate of drug-likeness (QED) is 0.215. The first-order chi connectivity index (χ1) is 8.64. The van der Waals surface area contributed by atoms with Crippen molar-refractivity contribution in [1.29, 1.82) is 0 Å². The fourth-order valence-corrected chi connectivity index (χ4v) is 3.59. The maximum absolute atomic E-state index is 11.0. The molecule has 1 aromatic carbocycles. The average molecular weight is 348 g/mol. The van der Waals surface area contributed by atoms with Crippen LogP contribution in [0.1, 0.15) is 5.56 Å². The van der Waals surface area contributed by atoms with E-state index in [9.17, 15) is 9.13 Å². The molecule has 1 rings (SSSR count). The lowest BCUT2D eigenvalue weighted by atomic mass is 10.2. The highest BCUT2D eigenvalue weighted by Gasteiger charge is 2.42. The predicted molar refractivity (Wildman–Crippen MR) is 76.2 cm³/mol. The molecule has 0 atom stereocenters. The molecule has 0 radical (unpaired) electrons. The van der Waals surface area contributed by atoms with Crippen LogP contribution in [0.4, 0.5) is 5.69 Å². The third-order valence-corrected chi connectivity index (χ3v) is 5.69. The highest BCUT2D eigenvalue weighted by atomic mass is 35.5. The molecule has 8 N–H and O–H groups in total. The Kier molecular flexibility index (Phi) is 7.34. The van der Waals surface area contributed by atoms with E-state index >= 15 is 0 Å². The molecule has 0 heterocycles. The molecule has 0 fully saturated rings. The standard InChI is InChI=1S/C8H15N3O6P2.ClH/c9-11-7-3-1-6(2-4-7)5-10-8(18(12,13)14)19(15,16)17;/h1-4,8,10-11H,5,9H2,(H2,12,13,14)(H2,15,16,17);1H. The van der Waals surface area contributed by atoms with Gasteiger partial charge in [-0.3, -0.25) is 20.3 Å². The van der Waals surface area contributed by atoms with Crippen molar-refractivity contribution in [2.45, 2.75) is 12.1 Å².